The van der Waals surface area contributed by atoms with E-state index in [9.17, 15) is 17.6 Å². The number of allylic oxidation sites excluding steroid dienone is 1. The summed E-state index contributed by atoms with van der Waals surface area (Å²) in [7, 11) is 0. The molecule has 0 heterocycles. The van der Waals surface area contributed by atoms with Gasteiger partial charge in [0.15, 0.2) is 5.03 Å². The van der Waals surface area contributed by atoms with E-state index < -0.39 is 15.9 Å². The molecule has 0 spiro atoms. The van der Waals surface area contributed by atoms with Crippen LogP contribution in [-0.4, -0.2) is 4.83 Å². The first-order valence-corrected chi connectivity index (χ1v) is 2.80. The highest BCUT2D eigenvalue weighted by atomic mass is 79.9. The van der Waals surface area contributed by atoms with Crippen LogP contribution >= 0.6 is 27.5 Å². The largest absolute Gasteiger partial charge is 0.342 e. The first-order chi connectivity index (χ1) is 3.85. The standard InChI is InChI=1S/C3BrClF4/c4-3(8,9)1(5)2(6)7. The van der Waals surface area contributed by atoms with Gasteiger partial charge in [-0.2, -0.15) is 17.6 Å². The molecule has 0 aliphatic rings. The van der Waals surface area contributed by atoms with E-state index in [0.717, 1.165) is 0 Å². The molecule has 0 aromatic heterocycles. The van der Waals surface area contributed by atoms with Gasteiger partial charge in [-0.05, 0) is 15.9 Å². The Balaban J connectivity index is 4.40. The summed E-state index contributed by atoms with van der Waals surface area (Å²) in [5.41, 5.74) is 0. The van der Waals surface area contributed by atoms with Crippen LogP contribution in [0.2, 0.25) is 0 Å². The van der Waals surface area contributed by atoms with Crippen LogP contribution in [0.5, 0.6) is 0 Å². The molecule has 0 saturated carbocycles. The van der Waals surface area contributed by atoms with Crippen LogP contribution in [-0.2, 0) is 0 Å². The van der Waals surface area contributed by atoms with Gasteiger partial charge in [0.25, 0.3) is 6.08 Å². The fourth-order valence-corrected chi connectivity index (χ4v) is 0.257. The summed E-state index contributed by atoms with van der Waals surface area (Å²) < 4.78 is 45.6. The summed E-state index contributed by atoms with van der Waals surface area (Å²) >= 11 is 6.07. The maximum atomic E-state index is 11.6. The van der Waals surface area contributed by atoms with Crippen LogP contribution in [0.1, 0.15) is 0 Å². The van der Waals surface area contributed by atoms with E-state index in [-0.39, 0.29) is 0 Å². The Kier molecular flexibility index (Phi) is 2.95. The van der Waals surface area contributed by atoms with Crippen molar-refractivity contribution in [3.63, 3.8) is 0 Å². The lowest BCUT2D eigenvalue weighted by Crippen LogP contribution is -2.04. The maximum absolute atomic E-state index is 11.6. The second-order valence-corrected chi connectivity index (χ2v) is 2.45. The number of alkyl halides is 3. The van der Waals surface area contributed by atoms with Gasteiger partial charge < -0.3 is 0 Å². The number of halogens is 6. The molecule has 0 N–H and O–H groups in total. The highest BCUT2D eigenvalue weighted by Gasteiger charge is 2.32. The minimum Gasteiger partial charge on any atom is -0.187 e. The predicted octanol–water partition coefficient (Wildman–Crippen LogP) is 3.32. The molecular weight excluding hydrogens is 227 g/mol. The van der Waals surface area contributed by atoms with Crippen molar-refractivity contribution in [2.24, 2.45) is 0 Å². The van der Waals surface area contributed by atoms with E-state index in [2.05, 4.69) is 11.6 Å². The van der Waals surface area contributed by atoms with Crippen molar-refractivity contribution >= 4 is 27.5 Å². The van der Waals surface area contributed by atoms with E-state index in [1.54, 1.807) is 15.9 Å². The van der Waals surface area contributed by atoms with Gasteiger partial charge in [0.05, 0.1) is 0 Å². The van der Waals surface area contributed by atoms with Gasteiger partial charge in [0.2, 0.25) is 0 Å². The molecule has 9 heavy (non-hydrogen) atoms. The molecule has 0 aliphatic heterocycles. The van der Waals surface area contributed by atoms with Gasteiger partial charge in [0, 0.05) is 0 Å². The normalized spacial score (nSPS) is 11.3. The molecule has 0 aliphatic carbocycles. The molecule has 0 unspecified atom stereocenters. The number of hydrogen-bond donors (Lipinski definition) is 0. The quantitative estimate of drug-likeness (QED) is 0.476. The van der Waals surface area contributed by atoms with Crippen LogP contribution in [0, 0.1) is 0 Å². The Bertz CT molecular complexity index is 133. The van der Waals surface area contributed by atoms with Crippen molar-refractivity contribution in [1.82, 2.24) is 0 Å². The number of hydrogen-bond acceptors (Lipinski definition) is 0. The van der Waals surface area contributed by atoms with Crippen molar-refractivity contribution in [2.45, 2.75) is 4.83 Å². The highest BCUT2D eigenvalue weighted by molar-refractivity contribution is 9.10. The zero-order valence-corrected chi connectivity index (χ0v) is 6.11. The molecule has 0 bridgehead atoms. The van der Waals surface area contributed by atoms with Crippen LogP contribution < -0.4 is 0 Å². The third-order valence-corrected chi connectivity index (χ3v) is 1.42. The Labute approximate surface area is 61.6 Å². The second kappa shape index (κ2) is 2.88. The molecule has 0 rings (SSSR count). The molecule has 0 amide bonds. The minimum absolute atomic E-state index is 1.64. The molecule has 0 nitrogen and oxygen atoms in total. The van der Waals surface area contributed by atoms with Crippen LogP contribution in [0.15, 0.2) is 11.1 Å². The average Bonchev–Trinajstić information content (AvgIpc) is 1.62. The maximum Gasteiger partial charge on any atom is 0.342 e. The molecule has 0 atom stereocenters. The van der Waals surface area contributed by atoms with Crippen molar-refractivity contribution in [3.05, 3.63) is 11.1 Å². The van der Waals surface area contributed by atoms with Gasteiger partial charge in [-0.15, -0.1) is 0 Å². The van der Waals surface area contributed by atoms with E-state index in [4.69, 9.17) is 0 Å². The van der Waals surface area contributed by atoms with Crippen molar-refractivity contribution in [1.29, 1.82) is 0 Å². The van der Waals surface area contributed by atoms with E-state index in [1.165, 1.54) is 0 Å². The van der Waals surface area contributed by atoms with Gasteiger partial charge in [-0.25, -0.2) is 0 Å². The van der Waals surface area contributed by atoms with Gasteiger partial charge in [-0.3, -0.25) is 0 Å². The van der Waals surface area contributed by atoms with Crippen LogP contribution in [0.3, 0.4) is 0 Å². The molecular formula is C3BrClF4. The summed E-state index contributed by atoms with van der Waals surface area (Å²) in [6.45, 7) is 0. The molecule has 0 fully saturated rings. The first-order valence-electron chi connectivity index (χ1n) is 1.63. The third kappa shape index (κ3) is 3.05. The topological polar surface area (TPSA) is 0 Å². The molecule has 6 heteroatoms. The van der Waals surface area contributed by atoms with Gasteiger partial charge >= 0.3 is 4.83 Å². The Hall–Kier alpha value is 0.230. The summed E-state index contributed by atoms with van der Waals surface area (Å²) in [6.07, 6.45) is -2.58. The fraction of sp³-hybridized carbons (Fsp3) is 0.333. The van der Waals surface area contributed by atoms with Gasteiger partial charge in [0.1, 0.15) is 0 Å². The van der Waals surface area contributed by atoms with Crippen molar-refractivity contribution < 1.29 is 17.6 Å². The predicted molar refractivity (Wildman–Crippen MR) is 29.0 cm³/mol. The highest BCUT2D eigenvalue weighted by Crippen LogP contribution is 2.36. The third-order valence-electron chi connectivity index (χ3n) is 0.415. The average molecular weight is 227 g/mol. The molecule has 0 aromatic carbocycles. The van der Waals surface area contributed by atoms with E-state index in [1.807, 2.05) is 0 Å². The van der Waals surface area contributed by atoms with E-state index in [0.29, 0.717) is 0 Å². The molecule has 54 valence electrons. The zero-order valence-electron chi connectivity index (χ0n) is 3.77. The Morgan fingerprint density at radius 2 is 1.67 bits per heavy atom. The monoisotopic (exact) mass is 226 g/mol. The molecule has 0 radical (unpaired) electrons. The lowest BCUT2D eigenvalue weighted by molar-refractivity contribution is 0.158. The Morgan fingerprint density at radius 3 is 1.67 bits per heavy atom. The zero-order chi connectivity index (χ0) is 7.65. The molecule has 0 saturated heterocycles. The molecule has 0 aromatic rings. The van der Waals surface area contributed by atoms with E-state index >= 15 is 0 Å². The smallest absolute Gasteiger partial charge is 0.187 e. The van der Waals surface area contributed by atoms with Crippen molar-refractivity contribution in [3.8, 4) is 0 Å². The van der Waals surface area contributed by atoms with Crippen LogP contribution in [0.25, 0.3) is 0 Å². The fourth-order valence-electron chi connectivity index (χ4n) is 0.107. The SMILES string of the molecule is FC(F)=C(Cl)C(F)(F)Br. The summed E-state index contributed by atoms with van der Waals surface area (Å²) in [5.74, 6) is 0. The lowest BCUT2D eigenvalue weighted by atomic mass is 10.6. The summed E-state index contributed by atoms with van der Waals surface area (Å²) in [5, 5.41) is -1.78. The second-order valence-electron chi connectivity index (χ2n) is 1.07. The summed E-state index contributed by atoms with van der Waals surface area (Å²) in [4.78, 5) is -3.81. The minimum atomic E-state index is -3.81. The van der Waals surface area contributed by atoms with Gasteiger partial charge in [-0.1, -0.05) is 11.6 Å². The summed E-state index contributed by atoms with van der Waals surface area (Å²) in [6, 6.07) is 0. The lowest BCUT2D eigenvalue weighted by Gasteiger charge is -2.02. The first kappa shape index (κ1) is 9.23. The Morgan fingerprint density at radius 1 is 1.33 bits per heavy atom. The van der Waals surface area contributed by atoms with Crippen LogP contribution in [0.4, 0.5) is 17.6 Å². The number of rotatable bonds is 1. The van der Waals surface area contributed by atoms with Crippen molar-refractivity contribution in [2.75, 3.05) is 0 Å².